The molecule has 2 aromatic carbocycles. The van der Waals surface area contributed by atoms with E-state index in [9.17, 15) is 19.7 Å². The van der Waals surface area contributed by atoms with Crippen molar-refractivity contribution in [2.24, 2.45) is 5.10 Å². The maximum Gasteiger partial charge on any atom is 0.324 e. The highest BCUT2D eigenvalue weighted by Gasteiger charge is 2.09. The molecule has 0 aliphatic heterocycles. The molecule has 0 radical (unpaired) electrons. The van der Waals surface area contributed by atoms with Gasteiger partial charge in [-0.15, -0.1) is 0 Å². The fraction of sp³-hybridized carbons (Fsp3) is 0.0500. The van der Waals surface area contributed by atoms with Crippen LogP contribution in [0.4, 0.5) is 10.7 Å². The Morgan fingerprint density at radius 3 is 2.45 bits per heavy atom. The van der Waals surface area contributed by atoms with E-state index in [4.69, 9.17) is 0 Å². The summed E-state index contributed by atoms with van der Waals surface area (Å²) in [6.45, 7) is 1.91. The molecule has 3 aromatic rings. The van der Waals surface area contributed by atoms with E-state index in [2.05, 4.69) is 15.8 Å². The van der Waals surface area contributed by atoms with Crippen LogP contribution in [0.1, 0.15) is 31.2 Å². The zero-order valence-electron chi connectivity index (χ0n) is 15.3. The van der Waals surface area contributed by atoms with Crippen LogP contribution >= 0.6 is 11.3 Å². The first kappa shape index (κ1) is 19.9. The molecule has 0 saturated heterocycles. The maximum absolute atomic E-state index is 12.3. The summed E-state index contributed by atoms with van der Waals surface area (Å²) in [6.07, 6.45) is 1.34. The van der Waals surface area contributed by atoms with Crippen LogP contribution in [0.3, 0.4) is 0 Å². The van der Waals surface area contributed by atoms with Crippen molar-refractivity contribution in [2.45, 2.75) is 6.92 Å². The van der Waals surface area contributed by atoms with Gasteiger partial charge in [0.25, 0.3) is 11.8 Å². The van der Waals surface area contributed by atoms with Gasteiger partial charge in [0.15, 0.2) is 0 Å². The molecule has 29 heavy (non-hydrogen) atoms. The number of thiophene rings is 1. The quantitative estimate of drug-likeness (QED) is 0.365. The van der Waals surface area contributed by atoms with E-state index in [1.165, 1.54) is 12.3 Å². The van der Waals surface area contributed by atoms with Gasteiger partial charge in [-0.05, 0) is 49.4 Å². The first-order chi connectivity index (χ1) is 13.9. The predicted octanol–water partition coefficient (Wildman–Crippen LogP) is 3.98. The Kier molecular flexibility index (Phi) is 6.10. The summed E-state index contributed by atoms with van der Waals surface area (Å²) in [4.78, 5) is 35.1. The number of hydrogen-bond acceptors (Lipinski definition) is 6. The fourth-order valence-electron chi connectivity index (χ4n) is 2.42. The number of hydrogen-bond donors (Lipinski definition) is 2. The third-order valence-corrected chi connectivity index (χ3v) is 4.81. The second-order valence-electron chi connectivity index (χ2n) is 6.03. The Morgan fingerprint density at radius 1 is 1.03 bits per heavy atom. The van der Waals surface area contributed by atoms with Gasteiger partial charge in [0, 0.05) is 22.9 Å². The number of aryl methyl sites for hydroxylation is 1. The first-order valence-corrected chi connectivity index (χ1v) is 9.30. The highest BCUT2D eigenvalue weighted by molar-refractivity contribution is 7.16. The molecule has 0 fully saturated rings. The molecule has 0 aliphatic carbocycles. The molecule has 1 heterocycles. The molecule has 2 N–H and O–H groups in total. The van der Waals surface area contributed by atoms with Gasteiger partial charge in [-0.3, -0.25) is 19.7 Å². The molecule has 0 spiro atoms. The first-order valence-electron chi connectivity index (χ1n) is 8.48. The zero-order chi connectivity index (χ0) is 20.8. The highest BCUT2D eigenvalue weighted by Crippen LogP contribution is 2.22. The predicted molar refractivity (Wildman–Crippen MR) is 112 cm³/mol. The Labute approximate surface area is 170 Å². The van der Waals surface area contributed by atoms with E-state index < -0.39 is 10.8 Å². The molecule has 0 bridgehead atoms. The lowest BCUT2D eigenvalue weighted by Crippen LogP contribution is -2.17. The van der Waals surface area contributed by atoms with Crippen molar-refractivity contribution in [3.63, 3.8) is 0 Å². The molecule has 0 aliphatic rings. The molecule has 146 valence electrons. The minimum atomic E-state index is -0.486. The van der Waals surface area contributed by atoms with Gasteiger partial charge in [-0.25, -0.2) is 5.43 Å². The fourth-order valence-corrected chi connectivity index (χ4v) is 3.12. The van der Waals surface area contributed by atoms with Gasteiger partial charge in [-0.1, -0.05) is 29.0 Å². The van der Waals surface area contributed by atoms with Crippen molar-refractivity contribution < 1.29 is 14.5 Å². The SMILES string of the molecule is Cc1cccc(C(=O)Nc2ccc(C(=O)NN=Cc3ccc([N+](=O)[O-])s3)cc2)c1. The molecule has 0 atom stereocenters. The van der Waals surface area contributed by atoms with Gasteiger partial charge in [0.2, 0.25) is 0 Å². The van der Waals surface area contributed by atoms with Crippen molar-refractivity contribution >= 4 is 40.1 Å². The summed E-state index contributed by atoms with van der Waals surface area (Å²) in [7, 11) is 0. The van der Waals surface area contributed by atoms with Crippen molar-refractivity contribution in [3.8, 4) is 0 Å². The van der Waals surface area contributed by atoms with Gasteiger partial charge < -0.3 is 5.32 Å². The van der Waals surface area contributed by atoms with Crippen LogP contribution in [-0.4, -0.2) is 23.0 Å². The number of rotatable bonds is 6. The summed E-state index contributed by atoms with van der Waals surface area (Å²) in [5.74, 6) is -0.676. The minimum Gasteiger partial charge on any atom is -0.322 e. The van der Waals surface area contributed by atoms with Crippen LogP contribution in [0.25, 0.3) is 0 Å². The Bertz CT molecular complexity index is 1090. The van der Waals surface area contributed by atoms with Crippen LogP contribution in [0.2, 0.25) is 0 Å². The van der Waals surface area contributed by atoms with Crippen molar-refractivity contribution in [2.75, 3.05) is 5.32 Å². The second-order valence-corrected chi connectivity index (χ2v) is 7.13. The normalized spacial score (nSPS) is 10.7. The van der Waals surface area contributed by atoms with Crippen LogP contribution in [0.5, 0.6) is 0 Å². The van der Waals surface area contributed by atoms with Crippen molar-refractivity contribution in [1.29, 1.82) is 0 Å². The van der Waals surface area contributed by atoms with E-state index in [1.54, 1.807) is 42.5 Å². The molecule has 1 aromatic heterocycles. The molecular formula is C20H16N4O4S. The van der Waals surface area contributed by atoms with Crippen LogP contribution in [0, 0.1) is 17.0 Å². The van der Waals surface area contributed by atoms with Gasteiger partial charge >= 0.3 is 5.00 Å². The number of amides is 2. The number of nitrogens with one attached hydrogen (secondary N) is 2. The van der Waals surface area contributed by atoms with E-state index in [-0.39, 0.29) is 10.9 Å². The van der Waals surface area contributed by atoms with Crippen molar-refractivity contribution in [1.82, 2.24) is 5.43 Å². The summed E-state index contributed by atoms with van der Waals surface area (Å²) < 4.78 is 0. The number of benzene rings is 2. The number of carbonyl (C=O) groups is 2. The monoisotopic (exact) mass is 408 g/mol. The number of nitro groups is 1. The minimum absolute atomic E-state index is 0.000996. The number of anilines is 1. The number of nitrogens with zero attached hydrogens (tertiary/aromatic N) is 2. The Balaban J connectivity index is 1.57. The number of hydrazone groups is 1. The van der Waals surface area contributed by atoms with E-state index in [0.717, 1.165) is 16.9 Å². The lowest BCUT2D eigenvalue weighted by molar-refractivity contribution is -0.380. The topological polar surface area (TPSA) is 114 Å². The van der Waals surface area contributed by atoms with Crippen LogP contribution in [0.15, 0.2) is 65.8 Å². The standard InChI is InChI=1S/C20H16N4O4S/c1-13-3-2-4-15(11-13)19(25)22-16-7-5-14(6-8-16)20(26)23-21-12-17-9-10-18(29-17)24(27)28/h2-12H,1H3,(H,22,25)(H,23,26). The van der Waals surface area contributed by atoms with Gasteiger partial charge in [0.1, 0.15) is 0 Å². The summed E-state index contributed by atoms with van der Waals surface area (Å²) in [5.41, 5.74) is 4.81. The van der Waals surface area contributed by atoms with E-state index in [1.807, 2.05) is 19.1 Å². The third kappa shape index (κ3) is 5.33. The second kappa shape index (κ2) is 8.89. The molecule has 2 amide bonds. The molecule has 0 unspecified atom stereocenters. The average molecular weight is 408 g/mol. The molecule has 8 nitrogen and oxygen atoms in total. The maximum atomic E-state index is 12.3. The summed E-state index contributed by atoms with van der Waals surface area (Å²) >= 11 is 0.955. The Hall–Kier alpha value is -3.85. The Morgan fingerprint density at radius 2 is 1.79 bits per heavy atom. The third-order valence-electron chi connectivity index (χ3n) is 3.84. The molecule has 0 saturated carbocycles. The van der Waals surface area contributed by atoms with E-state index >= 15 is 0 Å². The molecule has 9 heteroatoms. The van der Waals surface area contributed by atoms with Crippen LogP contribution < -0.4 is 10.7 Å². The van der Waals surface area contributed by atoms with Gasteiger partial charge in [0.05, 0.1) is 16.0 Å². The molecular weight excluding hydrogens is 392 g/mol. The van der Waals surface area contributed by atoms with Gasteiger partial charge in [-0.2, -0.15) is 5.10 Å². The van der Waals surface area contributed by atoms with Crippen LogP contribution in [-0.2, 0) is 0 Å². The zero-order valence-corrected chi connectivity index (χ0v) is 16.1. The highest BCUT2D eigenvalue weighted by atomic mass is 32.1. The lowest BCUT2D eigenvalue weighted by Gasteiger charge is -2.07. The van der Waals surface area contributed by atoms with Crippen molar-refractivity contribution in [3.05, 3.63) is 92.3 Å². The smallest absolute Gasteiger partial charge is 0.322 e. The number of carbonyl (C=O) groups excluding carboxylic acids is 2. The summed E-state index contributed by atoms with van der Waals surface area (Å²) in [6, 6.07) is 16.5. The lowest BCUT2D eigenvalue weighted by atomic mass is 10.1. The average Bonchev–Trinajstić information content (AvgIpc) is 3.18. The summed E-state index contributed by atoms with van der Waals surface area (Å²) in [5, 5.41) is 17.2. The largest absolute Gasteiger partial charge is 0.324 e. The van der Waals surface area contributed by atoms with E-state index in [0.29, 0.717) is 21.7 Å². The molecule has 3 rings (SSSR count).